The lowest BCUT2D eigenvalue weighted by molar-refractivity contribution is -0.128. The van der Waals surface area contributed by atoms with Crippen molar-refractivity contribution in [2.45, 2.75) is 0 Å². The van der Waals surface area contributed by atoms with E-state index in [-0.39, 0.29) is 11.6 Å². The first-order chi connectivity index (χ1) is 4.22. The summed E-state index contributed by atoms with van der Waals surface area (Å²) in [6.45, 7) is 0.319. The molecule has 0 spiro atoms. The molecule has 1 aliphatic rings. The Morgan fingerprint density at radius 2 is 2.44 bits per heavy atom. The van der Waals surface area contributed by atoms with E-state index in [0.717, 1.165) is 5.01 Å². The standard InChI is InChI=1S/C4H8N4O/c5-3-1-7-2-8(6)4(3)9/h1,7H,2,5-6H2. The highest BCUT2D eigenvalue weighted by Crippen LogP contribution is 1.92. The molecule has 0 bridgehead atoms. The molecule has 0 aromatic carbocycles. The van der Waals surface area contributed by atoms with Gasteiger partial charge in [0.2, 0.25) is 0 Å². The van der Waals surface area contributed by atoms with Gasteiger partial charge in [0.05, 0.1) is 0 Å². The van der Waals surface area contributed by atoms with Crippen LogP contribution in [0.25, 0.3) is 0 Å². The van der Waals surface area contributed by atoms with Gasteiger partial charge in [0, 0.05) is 6.20 Å². The van der Waals surface area contributed by atoms with Crippen LogP contribution in [0.1, 0.15) is 0 Å². The first kappa shape index (κ1) is 5.90. The maximum Gasteiger partial charge on any atom is 0.286 e. The van der Waals surface area contributed by atoms with E-state index in [1.807, 2.05) is 0 Å². The summed E-state index contributed by atoms with van der Waals surface area (Å²) >= 11 is 0. The van der Waals surface area contributed by atoms with Gasteiger partial charge in [-0.2, -0.15) is 0 Å². The van der Waals surface area contributed by atoms with E-state index in [1.165, 1.54) is 6.20 Å². The lowest BCUT2D eigenvalue weighted by Gasteiger charge is -2.20. The lowest BCUT2D eigenvalue weighted by atomic mass is 10.4. The van der Waals surface area contributed by atoms with Crippen molar-refractivity contribution < 1.29 is 4.79 Å². The molecule has 0 aromatic heterocycles. The predicted molar refractivity (Wildman–Crippen MR) is 31.3 cm³/mol. The summed E-state index contributed by atoms with van der Waals surface area (Å²) in [7, 11) is 0. The highest BCUT2D eigenvalue weighted by Gasteiger charge is 2.14. The van der Waals surface area contributed by atoms with Crippen LogP contribution in [-0.2, 0) is 4.79 Å². The summed E-state index contributed by atoms with van der Waals surface area (Å²) in [4.78, 5) is 10.7. The van der Waals surface area contributed by atoms with Crippen molar-refractivity contribution in [3.8, 4) is 0 Å². The van der Waals surface area contributed by atoms with Crippen molar-refractivity contribution >= 4 is 5.91 Å². The second-order valence-corrected chi connectivity index (χ2v) is 1.74. The van der Waals surface area contributed by atoms with Crippen LogP contribution in [-0.4, -0.2) is 17.6 Å². The van der Waals surface area contributed by atoms with E-state index < -0.39 is 0 Å². The third-order valence-electron chi connectivity index (χ3n) is 1.03. The number of nitrogens with two attached hydrogens (primary N) is 2. The molecular formula is C4H8N4O. The van der Waals surface area contributed by atoms with Gasteiger partial charge in [-0.25, -0.2) is 5.84 Å². The van der Waals surface area contributed by atoms with Gasteiger partial charge < -0.3 is 11.1 Å². The van der Waals surface area contributed by atoms with E-state index in [0.29, 0.717) is 6.67 Å². The SMILES string of the molecule is NC1=CNCN(N)C1=O. The smallest absolute Gasteiger partial charge is 0.286 e. The normalized spacial score (nSPS) is 19.0. The Kier molecular flexibility index (Phi) is 1.27. The topological polar surface area (TPSA) is 84.4 Å². The van der Waals surface area contributed by atoms with Crippen molar-refractivity contribution in [3.63, 3.8) is 0 Å². The molecule has 0 fully saturated rings. The summed E-state index contributed by atoms with van der Waals surface area (Å²) in [6, 6.07) is 0. The number of carbonyl (C=O) groups is 1. The average Bonchev–Trinajstić information content (AvgIpc) is 1.83. The molecule has 0 saturated heterocycles. The van der Waals surface area contributed by atoms with Crippen molar-refractivity contribution in [2.75, 3.05) is 6.67 Å². The second kappa shape index (κ2) is 1.94. The molecule has 0 unspecified atom stereocenters. The molecular weight excluding hydrogens is 120 g/mol. The Hall–Kier alpha value is -1.23. The number of nitrogens with one attached hydrogen (secondary N) is 1. The van der Waals surface area contributed by atoms with Gasteiger partial charge >= 0.3 is 0 Å². The number of hydrazine groups is 1. The third kappa shape index (κ3) is 0.945. The molecule has 1 heterocycles. The molecule has 5 heteroatoms. The Bertz CT molecular complexity index is 164. The van der Waals surface area contributed by atoms with Crippen molar-refractivity contribution in [3.05, 3.63) is 11.9 Å². The van der Waals surface area contributed by atoms with E-state index in [2.05, 4.69) is 5.32 Å². The van der Waals surface area contributed by atoms with Crippen LogP contribution in [0.2, 0.25) is 0 Å². The van der Waals surface area contributed by atoms with E-state index in [9.17, 15) is 4.79 Å². The Morgan fingerprint density at radius 3 is 2.89 bits per heavy atom. The van der Waals surface area contributed by atoms with Crippen molar-refractivity contribution in [1.82, 2.24) is 10.3 Å². The molecule has 0 aliphatic carbocycles. The van der Waals surface area contributed by atoms with Gasteiger partial charge in [0.1, 0.15) is 12.4 Å². The minimum atomic E-state index is -0.339. The van der Waals surface area contributed by atoms with E-state index in [4.69, 9.17) is 11.6 Å². The van der Waals surface area contributed by atoms with Crippen molar-refractivity contribution in [2.24, 2.45) is 11.6 Å². The van der Waals surface area contributed by atoms with Crippen LogP contribution in [0.4, 0.5) is 0 Å². The highest BCUT2D eigenvalue weighted by molar-refractivity contribution is 5.92. The average molecular weight is 128 g/mol. The van der Waals surface area contributed by atoms with Gasteiger partial charge in [-0.1, -0.05) is 0 Å². The van der Waals surface area contributed by atoms with Crippen LogP contribution < -0.4 is 16.9 Å². The van der Waals surface area contributed by atoms with E-state index in [1.54, 1.807) is 0 Å². The van der Waals surface area contributed by atoms with Crippen LogP contribution >= 0.6 is 0 Å². The monoisotopic (exact) mass is 128 g/mol. The molecule has 0 radical (unpaired) electrons. The molecule has 50 valence electrons. The molecule has 0 atom stereocenters. The summed E-state index contributed by atoms with van der Waals surface area (Å²) in [6.07, 6.45) is 1.44. The molecule has 1 aliphatic heterocycles. The first-order valence-electron chi connectivity index (χ1n) is 2.47. The number of nitrogens with zero attached hydrogens (tertiary/aromatic N) is 1. The maximum absolute atomic E-state index is 10.7. The molecule has 9 heavy (non-hydrogen) atoms. The van der Waals surface area contributed by atoms with Gasteiger partial charge in [0.15, 0.2) is 0 Å². The molecule has 5 nitrogen and oxygen atoms in total. The zero-order valence-corrected chi connectivity index (χ0v) is 4.79. The minimum Gasteiger partial charge on any atom is -0.393 e. The maximum atomic E-state index is 10.7. The zero-order valence-electron chi connectivity index (χ0n) is 4.79. The summed E-state index contributed by atoms with van der Waals surface area (Å²) < 4.78 is 0. The number of hydrogen-bond donors (Lipinski definition) is 3. The second-order valence-electron chi connectivity index (χ2n) is 1.74. The molecule has 0 aromatic rings. The number of carbonyl (C=O) groups excluding carboxylic acids is 1. The summed E-state index contributed by atoms with van der Waals surface area (Å²) in [5.41, 5.74) is 5.34. The fraction of sp³-hybridized carbons (Fsp3) is 0.250. The fourth-order valence-corrected chi connectivity index (χ4v) is 0.553. The van der Waals surface area contributed by atoms with Gasteiger partial charge in [-0.05, 0) is 0 Å². The predicted octanol–water partition coefficient (Wildman–Crippen LogP) is -1.95. The molecule has 1 rings (SSSR count). The Balaban J connectivity index is 2.74. The highest BCUT2D eigenvalue weighted by atomic mass is 16.2. The third-order valence-corrected chi connectivity index (χ3v) is 1.03. The molecule has 0 saturated carbocycles. The number of amides is 1. The number of hydrogen-bond acceptors (Lipinski definition) is 4. The fourth-order valence-electron chi connectivity index (χ4n) is 0.553. The van der Waals surface area contributed by atoms with Gasteiger partial charge in [-0.3, -0.25) is 9.80 Å². The van der Waals surface area contributed by atoms with Crippen molar-refractivity contribution in [1.29, 1.82) is 0 Å². The largest absolute Gasteiger partial charge is 0.393 e. The quantitative estimate of drug-likeness (QED) is 0.261. The van der Waals surface area contributed by atoms with Gasteiger partial charge in [-0.15, -0.1) is 0 Å². The van der Waals surface area contributed by atoms with Gasteiger partial charge in [0.25, 0.3) is 5.91 Å². The summed E-state index contributed by atoms with van der Waals surface area (Å²) in [5.74, 6) is 4.83. The van der Waals surface area contributed by atoms with E-state index >= 15 is 0 Å². The minimum absolute atomic E-state index is 0.142. The Labute approximate surface area is 52.3 Å². The summed E-state index contributed by atoms with van der Waals surface area (Å²) in [5, 5.41) is 3.72. The molecule has 1 amide bonds. The zero-order chi connectivity index (χ0) is 6.85. The Morgan fingerprint density at radius 1 is 1.78 bits per heavy atom. The van der Waals surface area contributed by atoms with Crippen LogP contribution in [0, 0.1) is 0 Å². The van der Waals surface area contributed by atoms with Crippen LogP contribution in [0.5, 0.6) is 0 Å². The van der Waals surface area contributed by atoms with Crippen LogP contribution in [0.3, 0.4) is 0 Å². The lowest BCUT2D eigenvalue weighted by Crippen LogP contribution is -2.48. The molecule has 5 N–H and O–H groups in total. The van der Waals surface area contributed by atoms with Crippen LogP contribution in [0.15, 0.2) is 11.9 Å². The first-order valence-corrected chi connectivity index (χ1v) is 2.47. The number of rotatable bonds is 0.